The van der Waals surface area contributed by atoms with Gasteiger partial charge >= 0.3 is 6.09 Å². The number of carbonyl (C=O) groups excluding carboxylic acids is 2. The van der Waals surface area contributed by atoms with E-state index in [1.165, 1.54) is 0 Å². The molecule has 3 aliphatic rings. The Bertz CT molecular complexity index is 1040. The maximum atomic E-state index is 13.3. The van der Waals surface area contributed by atoms with Gasteiger partial charge in [0.1, 0.15) is 17.2 Å². The molecule has 1 saturated heterocycles. The number of pyridine rings is 1. The van der Waals surface area contributed by atoms with E-state index in [2.05, 4.69) is 43.9 Å². The average Bonchev–Trinajstić information content (AvgIpc) is 2.77. The van der Waals surface area contributed by atoms with Crippen LogP contribution in [0.1, 0.15) is 63.2 Å². The van der Waals surface area contributed by atoms with Crippen molar-refractivity contribution in [3.05, 3.63) is 45.5 Å². The smallest absolute Gasteiger partial charge is 0.416 e. The molecule has 0 saturated carbocycles. The van der Waals surface area contributed by atoms with Crippen molar-refractivity contribution in [2.75, 3.05) is 34.8 Å². The molecule has 0 unspecified atom stereocenters. The minimum absolute atomic E-state index is 0.200. The van der Waals surface area contributed by atoms with Crippen LogP contribution >= 0.6 is 22.6 Å². The number of ether oxygens (including phenoxy) is 1. The van der Waals surface area contributed by atoms with Gasteiger partial charge < -0.3 is 15.0 Å². The Morgan fingerprint density at radius 1 is 1.09 bits per heavy atom. The molecule has 1 aromatic carbocycles. The molecule has 2 aromatic rings. The van der Waals surface area contributed by atoms with Crippen LogP contribution in [-0.4, -0.2) is 42.2 Å². The molecule has 4 bridgehead atoms. The molecule has 4 heterocycles. The molecule has 34 heavy (non-hydrogen) atoms. The third-order valence-electron chi connectivity index (χ3n) is 6.27. The van der Waals surface area contributed by atoms with E-state index in [0.29, 0.717) is 29.7 Å². The van der Waals surface area contributed by atoms with Crippen LogP contribution in [0.5, 0.6) is 0 Å². The lowest BCUT2D eigenvalue weighted by Crippen LogP contribution is -2.38. The van der Waals surface area contributed by atoms with Crippen LogP contribution in [0.3, 0.4) is 0 Å². The summed E-state index contributed by atoms with van der Waals surface area (Å²) in [4.78, 5) is 34.9. The van der Waals surface area contributed by atoms with Crippen molar-refractivity contribution >= 4 is 51.9 Å². The number of halogens is 1. The quantitative estimate of drug-likeness (QED) is 0.385. The Morgan fingerprint density at radius 2 is 1.85 bits per heavy atom. The predicted molar refractivity (Wildman–Crippen MR) is 144 cm³/mol. The standard InChI is InChI=1S/C26H33IN4O3/c1-26(2,3)34-25(33)31-14-5-4-7-18-12-15-30(16-13-18)21-17-19(27)10-11-20(21)24(32)29-22-8-6-9-23(31)28-22/h6,8-11,17-18H,4-5,7,12-16H2,1-3H3,(H,28,29,32). The van der Waals surface area contributed by atoms with Gasteiger partial charge in [-0.05, 0) is 98.9 Å². The number of nitrogens with one attached hydrogen (secondary N) is 1. The first-order chi connectivity index (χ1) is 16.2. The van der Waals surface area contributed by atoms with Crippen LogP contribution in [0, 0.1) is 9.49 Å². The summed E-state index contributed by atoms with van der Waals surface area (Å²) in [6.45, 7) is 7.99. The summed E-state index contributed by atoms with van der Waals surface area (Å²) < 4.78 is 6.77. The topological polar surface area (TPSA) is 74.8 Å². The van der Waals surface area contributed by atoms with Gasteiger partial charge in [-0.25, -0.2) is 9.78 Å². The van der Waals surface area contributed by atoms with Crippen LogP contribution in [0.25, 0.3) is 0 Å². The fourth-order valence-electron chi connectivity index (χ4n) is 4.57. The molecule has 0 atom stereocenters. The molecule has 0 spiro atoms. The number of benzene rings is 1. The van der Waals surface area contributed by atoms with Gasteiger partial charge in [-0.3, -0.25) is 9.69 Å². The van der Waals surface area contributed by atoms with E-state index >= 15 is 0 Å². The maximum absolute atomic E-state index is 13.3. The van der Waals surface area contributed by atoms with Crippen molar-refractivity contribution in [3.63, 3.8) is 0 Å². The maximum Gasteiger partial charge on any atom is 0.416 e. The second kappa shape index (κ2) is 10.5. The van der Waals surface area contributed by atoms with Crippen molar-refractivity contribution in [3.8, 4) is 0 Å². The highest BCUT2D eigenvalue weighted by atomic mass is 127. The van der Waals surface area contributed by atoms with Crippen molar-refractivity contribution in [1.82, 2.24) is 4.98 Å². The van der Waals surface area contributed by atoms with E-state index in [-0.39, 0.29) is 5.91 Å². The summed E-state index contributed by atoms with van der Waals surface area (Å²) >= 11 is 2.30. The normalized spacial score (nSPS) is 17.8. The summed E-state index contributed by atoms with van der Waals surface area (Å²) in [5, 5.41) is 2.95. The first-order valence-electron chi connectivity index (χ1n) is 12.0. The van der Waals surface area contributed by atoms with Gasteiger partial charge in [0, 0.05) is 23.2 Å². The highest BCUT2D eigenvalue weighted by Gasteiger charge is 2.27. The van der Waals surface area contributed by atoms with Crippen molar-refractivity contribution in [2.24, 2.45) is 5.92 Å². The molecule has 8 heteroatoms. The molecule has 7 nitrogen and oxygen atoms in total. The molecule has 3 aliphatic heterocycles. The van der Waals surface area contributed by atoms with E-state index < -0.39 is 11.7 Å². The summed E-state index contributed by atoms with van der Waals surface area (Å²) in [7, 11) is 0. The number of hydrogen-bond acceptors (Lipinski definition) is 5. The molecule has 182 valence electrons. The van der Waals surface area contributed by atoms with Gasteiger partial charge in [0.05, 0.1) is 11.3 Å². The lowest BCUT2D eigenvalue weighted by molar-refractivity contribution is 0.0578. The van der Waals surface area contributed by atoms with Crippen LogP contribution in [-0.2, 0) is 4.74 Å². The molecule has 0 aliphatic carbocycles. The summed E-state index contributed by atoms with van der Waals surface area (Å²) in [5.74, 6) is 1.35. The zero-order valence-electron chi connectivity index (χ0n) is 20.1. The van der Waals surface area contributed by atoms with Crippen molar-refractivity contribution < 1.29 is 14.3 Å². The molecule has 2 amide bonds. The summed E-state index contributed by atoms with van der Waals surface area (Å²) in [5.41, 5.74) is 1.01. The lowest BCUT2D eigenvalue weighted by atomic mass is 9.91. The zero-order chi connectivity index (χ0) is 24.3. The Labute approximate surface area is 215 Å². The van der Waals surface area contributed by atoms with E-state index in [9.17, 15) is 9.59 Å². The Morgan fingerprint density at radius 3 is 2.59 bits per heavy atom. The third kappa shape index (κ3) is 6.20. The Hall–Kier alpha value is -2.36. The Balaban J connectivity index is 1.68. The van der Waals surface area contributed by atoms with Gasteiger partial charge in [0.25, 0.3) is 5.91 Å². The van der Waals surface area contributed by atoms with E-state index in [0.717, 1.165) is 54.5 Å². The molecule has 5 rings (SSSR count). The van der Waals surface area contributed by atoms with Crippen LogP contribution < -0.4 is 15.1 Å². The van der Waals surface area contributed by atoms with Gasteiger partial charge in [0.2, 0.25) is 0 Å². The monoisotopic (exact) mass is 576 g/mol. The number of hydrogen-bond donors (Lipinski definition) is 1. The number of carbonyl (C=O) groups is 2. The average molecular weight is 576 g/mol. The molecule has 0 radical (unpaired) electrons. The minimum atomic E-state index is -0.604. The van der Waals surface area contributed by atoms with Gasteiger partial charge in [-0.2, -0.15) is 0 Å². The number of nitrogens with zero attached hydrogens (tertiary/aromatic N) is 3. The number of rotatable bonds is 0. The van der Waals surface area contributed by atoms with Crippen molar-refractivity contribution in [2.45, 2.75) is 58.5 Å². The lowest BCUT2D eigenvalue weighted by Gasteiger charge is -2.35. The van der Waals surface area contributed by atoms with E-state index in [1.807, 2.05) is 32.9 Å². The van der Waals surface area contributed by atoms with Crippen molar-refractivity contribution in [1.29, 1.82) is 0 Å². The van der Waals surface area contributed by atoms with Crippen LogP contribution in [0.4, 0.5) is 22.1 Å². The van der Waals surface area contributed by atoms with Crippen LogP contribution in [0.15, 0.2) is 36.4 Å². The summed E-state index contributed by atoms with van der Waals surface area (Å²) in [6, 6.07) is 11.3. The molecule has 1 fully saturated rings. The molecule has 1 aromatic heterocycles. The molecular formula is C26H33IN4O3. The number of amides is 2. The van der Waals surface area contributed by atoms with Gasteiger partial charge in [-0.1, -0.05) is 18.9 Å². The second-order valence-corrected chi connectivity index (χ2v) is 11.3. The first kappa shape index (κ1) is 24.8. The summed E-state index contributed by atoms with van der Waals surface area (Å²) in [6.07, 6.45) is 4.88. The highest BCUT2D eigenvalue weighted by Crippen LogP contribution is 2.31. The SMILES string of the molecule is CC(C)(C)OC(=O)N1CCCCC2CCN(CC2)c2cc(I)ccc2C(=O)Nc2cccc1n2. The predicted octanol–water partition coefficient (Wildman–Crippen LogP) is 6.08. The highest BCUT2D eigenvalue weighted by molar-refractivity contribution is 14.1. The zero-order valence-corrected chi connectivity index (χ0v) is 22.3. The number of piperidine rings is 1. The third-order valence-corrected chi connectivity index (χ3v) is 6.94. The van der Waals surface area contributed by atoms with Crippen LogP contribution in [0.2, 0.25) is 0 Å². The van der Waals surface area contributed by atoms with Gasteiger partial charge in [-0.15, -0.1) is 0 Å². The number of fused-ring (bicyclic) bond motifs is 7. The first-order valence-corrected chi connectivity index (χ1v) is 13.1. The Kier molecular flexibility index (Phi) is 7.64. The second-order valence-electron chi connectivity index (χ2n) is 10.1. The number of aromatic nitrogens is 1. The largest absolute Gasteiger partial charge is 0.443 e. The fourth-order valence-corrected chi connectivity index (χ4v) is 5.04. The number of anilines is 3. The minimum Gasteiger partial charge on any atom is -0.443 e. The van der Waals surface area contributed by atoms with Gasteiger partial charge in [0.15, 0.2) is 0 Å². The fraction of sp³-hybridized carbons (Fsp3) is 0.500. The molecular weight excluding hydrogens is 543 g/mol. The van der Waals surface area contributed by atoms with E-state index in [4.69, 9.17) is 4.74 Å². The van der Waals surface area contributed by atoms with E-state index in [1.54, 1.807) is 23.1 Å². The molecule has 1 N–H and O–H groups in total.